The van der Waals surface area contributed by atoms with Crippen LogP contribution in [-0.2, 0) is 0 Å². The Hall–Kier alpha value is -0.0800. The van der Waals surface area contributed by atoms with Crippen molar-refractivity contribution in [2.24, 2.45) is 0 Å². The molecule has 1 aliphatic rings. The molecule has 11 heavy (non-hydrogen) atoms. The van der Waals surface area contributed by atoms with E-state index in [0.29, 0.717) is 5.54 Å². The molecular weight excluding hydrogens is 136 g/mol. The van der Waals surface area contributed by atoms with Gasteiger partial charge in [-0.05, 0) is 40.8 Å². The Morgan fingerprint density at radius 2 is 2.00 bits per heavy atom. The third kappa shape index (κ3) is 2.17. The zero-order valence-electron chi connectivity index (χ0n) is 8.15. The molecule has 0 aromatic heterocycles. The number of rotatable bonds is 1. The summed E-state index contributed by atoms with van der Waals surface area (Å²) in [5.41, 5.74) is 0.316. The first-order chi connectivity index (χ1) is 5.02. The Labute approximate surface area is 70.0 Å². The molecule has 0 aliphatic carbocycles. The van der Waals surface area contributed by atoms with Crippen LogP contribution in [0.5, 0.6) is 0 Å². The van der Waals surface area contributed by atoms with Crippen LogP contribution < -0.4 is 5.32 Å². The normalized spacial score (nSPS) is 26.5. The van der Waals surface area contributed by atoms with Crippen LogP contribution in [0.25, 0.3) is 0 Å². The molecule has 0 unspecified atom stereocenters. The minimum Gasteiger partial charge on any atom is -0.315 e. The second-order valence-electron chi connectivity index (χ2n) is 4.43. The summed E-state index contributed by atoms with van der Waals surface area (Å²) in [7, 11) is 2.22. The molecule has 0 bridgehead atoms. The maximum Gasteiger partial charge on any atom is 0.0234 e. The van der Waals surface area contributed by atoms with E-state index in [-0.39, 0.29) is 0 Å². The van der Waals surface area contributed by atoms with Gasteiger partial charge in [-0.3, -0.25) is 4.90 Å². The quantitative estimate of drug-likeness (QED) is 0.611. The standard InChI is InChI=1S/C9H20N2/c1-9(2,3)11(4)8-5-6-10-7-8/h8,10H,5-7H2,1-4H3/t8-/m1/s1. The fraction of sp³-hybridized carbons (Fsp3) is 1.00. The lowest BCUT2D eigenvalue weighted by Crippen LogP contribution is -2.46. The van der Waals surface area contributed by atoms with Crippen LogP contribution in [0.4, 0.5) is 0 Å². The average molecular weight is 156 g/mol. The third-order valence-electron chi connectivity index (χ3n) is 2.64. The van der Waals surface area contributed by atoms with Gasteiger partial charge in [0, 0.05) is 18.1 Å². The van der Waals surface area contributed by atoms with Gasteiger partial charge in [-0.15, -0.1) is 0 Å². The van der Waals surface area contributed by atoms with Crippen LogP contribution in [0.15, 0.2) is 0 Å². The van der Waals surface area contributed by atoms with Crippen molar-refractivity contribution in [1.82, 2.24) is 10.2 Å². The van der Waals surface area contributed by atoms with Crippen molar-refractivity contribution in [3.8, 4) is 0 Å². The van der Waals surface area contributed by atoms with E-state index in [0.717, 1.165) is 12.6 Å². The SMILES string of the molecule is CN([C@@H]1CCNC1)C(C)(C)C. The van der Waals surface area contributed by atoms with E-state index in [2.05, 4.69) is 38.0 Å². The van der Waals surface area contributed by atoms with E-state index in [9.17, 15) is 0 Å². The topological polar surface area (TPSA) is 15.3 Å². The molecule has 66 valence electrons. The molecule has 0 aromatic carbocycles. The highest BCUT2D eigenvalue weighted by Crippen LogP contribution is 2.17. The number of hydrogen-bond acceptors (Lipinski definition) is 2. The highest BCUT2D eigenvalue weighted by atomic mass is 15.2. The van der Waals surface area contributed by atoms with Crippen molar-refractivity contribution >= 4 is 0 Å². The molecule has 0 radical (unpaired) electrons. The van der Waals surface area contributed by atoms with Crippen LogP contribution >= 0.6 is 0 Å². The summed E-state index contributed by atoms with van der Waals surface area (Å²) in [5, 5.41) is 3.38. The lowest BCUT2D eigenvalue weighted by Gasteiger charge is -2.36. The van der Waals surface area contributed by atoms with Gasteiger partial charge in [0.2, 0.25) is 0 Å². The zero-order valence-corrected chi connectivity index (χ0v) is 8.15. The molecule has 1 heterocycles. The molecule has 1 N–H and O–H groups in total. The minimum absolute atomic E-state index is 0.316. The maximum absolute atomic E-state index is 3.38. The molecule has 1 fully saturated rings. The molecule has 1 saturated heterocycles. The third-order valence-corrected chi connectivity index (χ3v) is 2.64. The van der Waals surface area contributed by atoms with Crippen molar-refractivity contribution < 1.29 is 0 Å². The monoisotopic (exact) mass is 156 g/mol. The van der Waals surface area contributed by atoms with Crippen LogP contribution in [-0.4, -0.2) is 36.6 Å². The van der Waals surface area contributed by atoms with Crippen molar-refractivity contribution in [3.63, 3.8) is 0 Å². The predicted molar refractivity (Wildman–Crippen MR) is 48.8 cm³/mol. The number of hydrogen-bond donors (Lipinski definition) is 1. The summed E-state index contributed by atoms with van der Waals surface area (Å²) >= 11 is 0. The summed E-state index contributed by atoms with van der Waals surface area (Å²) in [6.45, 7) is 9.15. The van der Waals surface area contributed by atoms with Crippen LogP contribution in [0.2, 0.25) is 0 Å². The van der Waals surface area contributed by atoms with Gasteiger partial charge in [-0.2, -0.15) is 0 Å². The van der Waals surface area contributed by atoms with Crippen molar-refractivity contribution in [2.75, 3.05) is 20.1 Å². The summed E-state index contributed by atoms with van der Waals surface area (Å²) < 4.78 is 0. The van der Waals surface area contributed by atoms with Gasteiger partial charge in [0.05, 0.1) is 0 Å². The lowest BCUT2D eigenvalue weighted by atomic mass is 10.0. The van der Waals surface area contributed by atoms with E-state index in [4.69, 9.17) is 0 Å². The Balaban J connectivity index is 2.46. The highest BCUT2D eigenvalue weighted by molar-refractivity contribution is 4.85. The second-order valence-corrected chi connectivity index (χ2v) is 4.43. The minimum atomic E-state index is 0.316. The van der Waals surface area contributed by atoms with Gasteiger partial charge in [-0.1, -0.05) is 0 Å². The van der Waals surface area contributed by atoms with E-state index >= 15 is 0 Å². The molecule has 0 spiro atoms. The summed E-state index contributed by atoms with van der Waals surface area (Å²) in [5.74, 6) is 0. The number of nitrogens with one attached hydrogen (secondary N) is 1. The maximum atomic E-state index is 3.38. The molecule has 0 saturated carbocycles. The van der Waals surface area contributed by atoms with Gasteiger partial charge in [-0.25, -0.2) is 0 Å². The largest absolute Gasteiger partial charge is 0.315 e. The Kier molecular flexibility index (Phi) is 2.55. The van der Waals surface area contributed by atoms with E-state index in [1.54, 1.807) is 0 Å². The Bertz CT molecular complexity index is 120. The average Bonchev–Trinajstić information content (AvgIpc) is 2.34. The van der Waals surface area contributed by atoms with Gasteiger partial charge in [0.1, 0.15) is 0 Å². The van der Waals surface area contributed by atoms with E-state index < -0.39 is 0 Å². The van der Waals surface area contributed by atoms with Crippen LogP contribution in [0, 0.1) is 0 Å². The highest BCUT2D eigenvalue weighted by Gasteiger charge is 2.26. The molecule has 2 heteroatoms. The smallest absolute Gasteiger partial charge is 0.0234 e. The van der Waals surface area contributed by atoms with Gasteiger partial charge >= 0.3 is 0 Å². The zero-order chi connectivity index (χ0) is 8.48. The van der Waals surface area contributed by atoms with Crippen molar-refractivity contribution in [2.45, 2.75) is 38.8 Å². The lowest BCUT2D eigenvalue weighted by molar-refractivity contribution is 0.126. The van der Waals surface area contributed by atoms with Crippen molar-refractivity contribution in [3.05, 3.63) is 0 Å². The predicted octanol–water partition coefficient (Wildman–Crippen LogP) is 1.08. The second kappa shape index (κ2) is 3.11. The molecule has 1 atom stereocenters. The summed E-state index contributed by atoms with van der Waals surface area (Å²) in [4.78, 5) is 2.47. The van der Waals surface area contributed by atoms with E-state index in [1.165, 1.54) is 13.0 Å². The molecule has 0 amide bonds. The number of likely N-dealkylation sites (N-methyl/N-ethyl adjacent to an activating group) is 1. The van der Waals surface area contributed by atoms with Crippen molar-refractivity contribution in [1.29, 1.82) is 0 Å². The molecule has 0 aromatic rings. The molecule has 1 aliphatic heterocycles. The van der Waals surface area contributed by atoms with Crippen LogP contribution in [0.1, 0.15) is 27.2 Å². The number of nitrogens with zero attached hydrogens (tertiary/aromatic N) is 1. The van der Waals surface area contributed by atoms with E-state index in [1.807, 2.05) is 0 Å². The van der Waals surface area contributed by atoms with Gasteiger partial charge < -0.3 is 5.32 Å². The molecule has 1 rings (SSSR count). The van der Waals surface area contributed by atoms with Crippen LogP contribution in [0.3, 0.4) is 0 Å². The first-order valence-electron chi connectivity index (χ1n) is 4.45. The Morgan fingerprint density at radius 1 is 1.36 bits per heavy atom. The molecular formula is C9H20N2. The summed E-state index contributed by atoms with van der Waals surface area (Å²) in [6.07, 6.45) is 1.30. The fourth-order valence-electron chi connectivity index (χ4n) is 1.52. The fourth-order valence-corrected chi connectivity index (χ4v) is 1.52. The van der Waals surface area contributed by atoms with Gasteiger partial charge in [0.15, 0.2) is 0 Å². The van der Waals surface area contributed by atoms with Gasteiger partial charge in [0.25, 0.3) is 0 Å². The first-order valence-corrected chi connectivity index (χ1v) is 4.45. The Morgan fingerprint density at radius 3 is 2.36 bits per heavy atom. The summed E-state index contributed by atoms with van der Waals surface area (Å²) in [6, 6.07) is 0.745. The first kappa shape index (κ1) is 9.01. The molecule has 2 nitrogen and oxygen atoms in total.